The van der Waals surface area contributed by atoms with Crippen LogP contribution in [0.15, 0.2) is 45.6 Å². The highest BCUT2D eigenvalue weighted by Crippen LogP contribution is 2.29. The number of rotatable bonds is 2. The van der Waals surface area contributed by atoms with E-state index in [1.807, 2.05) is 0 Å². The van der Waals surface area contributed by atoms with Crippen molar-refractivity contribution in [3.05, 3.63) is 40.9 Å². The molecule has 0 N–H and O–H groups in total. The highest BCUT2D eigenvalue weighted by molar-refractivity contribution is 7.94. The molecule has 0 unspecified atom stereocenters. The van der Waals surface area contributed by atoms with Gasteiger partial charge in [-0.3, -0.25) is 4.79 Å². The van der Waals surface area contributed by atoms with Crippen LogP contribution in [0.25, 0.3) is 5.57 Å². The topological polar surface area (TPSA) is 75.9 Å². The second-order valence-corrected chi connectivity index (χ2v) is 5.25. The molecular weight excluding hydrogens is 228 g/mol. The quantitative estimate of drug-likeness (QED) is 0.778. The van der Waals surface area contributed by atoms with E-state index in [9.17, 15) is 13.2 Å². The van der Waals surface area contributed by atoms with E-state index in [1.165, 1.54) is 0 Å². The lowest BCUT2D eigenvalue weighted by Gasteiger charge is -2.00. The second-order valence-electron chi connectivity index (χ2n) is 3.32. The average Bonchev–Trinajstić information content (AvgIpc) is 2.61. The molecule has 1 aromatic carbocycles. The molecule has 0 aliphatic carbocycles. The van der Waals surface area contributed by atoms with Crippen LogP contribution in [0.3, 0.4) is 0 Å². The van der Waals surface area contributed by atoms with E-state index >= 15 is 0 Å². The number of hydrogen-bond donors (Lipinski definition) is 0. The van der Waals surface area contributed by atoms with Crippen LogP contribution in [0, 0.1) is 0 Å². The van der Waals surface area contributed by atoms with Crippen LogP contribution in [0.1, 0.15) is 5.56 Å². The van der Waals surface area contributed by atoms with Crippen LogP contribution in [-0.2, 0) is 14.6 Å². The molecular formula is C10H8N2O3S. The van der Waals surface area contributed by atoms with Gasteiger partial charge in [0.2, 0.25) is 0 Å². The minimum Gasteiger partial charge on any atom is -0.265 e. The largest absolute Gasteiger partial charge is 0.299 e. The number of amides is 1. The van der Waals surface area contributed by atoms with Crippen molar-refractivity contribution in [2.24, 2.45) is 10.2 Å². The Balaban J connectivity index is 2.67. The Kier molecular flexibility index (Phi) is 2.43. The SMILES string of the molecule is CS(=O)(=O)C1=C(c2ccccc2)C(=O)N=N1. The molecule has 2 rings (SSSR count). The Morgan fingerprint density at radius 2 is 1.69 bits per heavy atom. The highest BCUT2D eigenvalue weighted by atomic mass is 32.2. The smallest absolute Gasteiger partial charge is 0.265 e. The monoisotopic (exact) mass is 236 g/mol. The van der Waals surface area contributed by atoms with Gasteiger partial charge in [-0.15, -0.1) is 10.2 Å². The van der Waals surface area contributed by atoms with Crippen LogP contribution < -0.4 is 0 Å². The molecule has 6 heteroatoms. The van der Waals surface area contributed by atoms with E-state index in [4.69, 9.17) is 0 Å². The van der Waals surface area contributed by atoms with E-state index in [1.54, 1.807) is 30.3 Å². The Labute approximate surface area is 92.4 Å². The third kappa shape index (κ3) is 1.79. The second kappa shape index (κ2) is 3.64. The fourth-order valence-electron chi connectivity index (χ4n) is 1.39. The summed E-state index contributed by atoms with van der Waals surface area (Å²) in [7, 11) is -3.53. The highest BCUT2D eigenvalue weighted by Gasteiger charge is 2.29. The lowest BCUT2D eigenvalue weighted by Crippen LogP contribution is -2.03. The number of azo groups is 1. The maximum atomic E-state index is 11.4. The van der Waals surface area contributed by atoms with Crippen LogP contribution in [-0.4, -0.2) is 20.6 Å². The maximum Gasteiger partial charge on any atom is 0.299 e. The predicted molar refractivity (Wildman–Crippen MR) is 58.1 cm³/mol. The molecule has 82 valence electrons. The van der Waals surface area contributed by atoms with Crippen molar-refractivity contribution in [3.8, 4) is 0 Å². The number of sulfone groups is 1. The molecule has 5 nitrogen and oxygen atoms in total. The number of hydrogen-bond acceptors (Lipinski definition) is 4. The normalized spacial score (nSPS) is 15.9. The minimum absolute atomic E-state index is 0.0445. The summed E-state index contributed by atoms with van der Waals surface area (Å²) < 4.78 is 22.8. The molecule has 0 spiro atoms. The first kappa shape index (κ1) is 10.7. The molecule has 0 atom stereocenters. The van der Waals surface area contributed by atoms with Crippen molar-refractivity contribution >= 4 is 21.3 Å². The van der Waals surface area contributed by atoms with Crippen LogP contribution in [0.2, 0.25) is 0 Å². The molecule has 0 radical (unpaired) electrons. The first-order valence-corrected chi connectivity index (χ1v) is 6.35. The summed E-state index contributed by atoms with van der Waals surface area (Å²) in [5, 5.41) is 6.43. The van der Waals surface area contributed by atoms with Gasteiger partial charge in [0, 0.05) is 6.26 Å². The van der Waals surface area contributed by atoms with Gasteiger partial charge in [0.1, 0.15) is 0 Å². The van der Waals surface area contributed by atoms with Gasteiger partial charge in [0.15, 0.2) is 14.9 Å². The number of nitrogens with zero attached hydrogens (tertiary/aromatic N) is 2. The summed E-state index contributed by atoms with van der Waals surface area (Å²) in [6, 6.07) is 8.50. The molecule has 16 heavy (non-hydrogen) atoms. The number of benzene rings is 1. The van der Waals surface area contributed by atoms with Gasteiger partial charge in [-0.2, -0.15) is 0 Å². The summed E-state index contributed by atoms with van der Waals surface area (Å²) >= 11 is 0. The summed E-state index contributed by atoms with van der Waals surface area (Å²) in [5.41, 5.74) is 0.557. The first-order valence-electron chi connectivity index (χ1n) is 4.46. The van der Waals surface area contributed by atoms with Crippen molar-refractivity contribution in [1.29, 1.82) is 0 Å². The zero-order valence-corrected chi connectivity index (χ0v) is 9.23. The Hall–Kier alpha value is -1.82. The fraction of sp³-hybridized carbons (Fsp3) is 0.100. The zero-order chi connectivity index (χ0) is 11.8. The van der Waals surface area contributed by atoms with Gasteiger partial charge in [-0.1, -0.05) is 30.3 Å². The minimum atomic E-state index is -3.53. The third-order valence-corrected chi connectivity index (χ3v) is 3.06. The van der Waals surface area contributed by atoms with Crippen molar-refractivity contribution < 1.29 is 13.2 Å². The lowest BCUT2D eigenvalue weighted by atomic mass is 10.1. The Morgan fingerprint density at radius 1 is 1.06 bits per heavy atom. The Morgan fingerprint density at radius 3 is 2.25 bits per heavy atom. The van der Waals surface area contributed by atoms with E-state index in [0.717, 1.165) is 6.26 Å². The van der Waals surface area contributed by atoms with E-state index in [-0.39, 0.29) is 10.6 Å². The molecule has 1 aromatic rings. The van der Waals surface area contributed by atoms with Crippen molar-refractivity contribution in [3.63, 3.8) is 0 Å². The maximum absolute atomic E-state index is 11.4. The summed E-state index contributed by atoms with van der Waals surface area (Å²) in [6.45, 7) is 0. The van der Waals surface area contributed by atoms with Crippen molar-refractivity contribution in [1.82, 2.24) is 0 Å². The molecule has 0 saturated heterocycles. The fourth-order valence-corrected chi connectivity index (χ4v) is 2.16. The van der Waals surface area contributed by atoms with Gasteiger partial charge in [-0.05, 0) is 5.56 Å². The van der Waals surface area contributed by atoms with Crippen LogP contribution >= 0.6 is 0 Å². The average molecular weight is 236 g/mol. The zero-order valence-electron chi connectivity index (χ0n) is 8.41. The van der Waals surface area contributed by atoms with E-state index < -0.39 is 15.7 Å². The molecule has 0 fully saturated rings. The molecule has 1 aliphatic rings. The van der Waals surface area contributed by atoms with Gasteiger partial charge >= 0.3 is 0 Å². The van der Waals surface area contributed by atoms with Crippen LogP contribution in [0.5, 0.6) is 0 Å². The first-order chi connectivity index (χ1) is 7.50. The van der Waals surface area contributed by atoms with Crippen molar-refractivity contribution in [2.45, 2.75) is 0 Å². The molecule has 0 bridgehead atoms. The van der Waals surface area contributed by atoms with Gasteiger partial charge in [-0.25, -0.2) is 8.42 Å². The third-order valence-electron chi connectivity index (χ3n) is 2.07. The Bertz CT molecular complexity index is 600. The molecule has 0 aromatic heterocycles. The van der Waals surface area contributed by atoms with E-state index in [0.29, 0.717) is 5.56 Å². The standard InChI is InChI=1S/C10H8N2O3S/c1-16(14,15)10-8(9(13)11-12-10)7-5-3-2-4-6-7/h2-6H,1H3. The molecule has 1 amide bonds. The predicted octanol–water partition coefficient (Wildman–Crippen LogP) is 1.39. The lowest BCUT2D eigenvalue weighted by molar-refractivity contribution is -0.112. The number of carbonyl (C=O) groups is 1. The molecule has 1 aliphatic heterocycles. The summed E-state index contributed by atoms with van der Waals surface area (Å²) in [4.78, 5) is 11.4. The molecule has 0 saturated carbocycles. The number of carbonyl (C=O) groups excluding carboxylic acids is 1. The van der Waals surface area contributed by atoms with E-state index in [2.05, 4.69) is 10.2 Å². The van der Waals surface area contributed by atoms with Gasteiger partial charge in [0.05, 0.1) is 5.57 Å². The summed E-state index contributed by atoms with van der Waals surface area (Å²) in [6.07, 6.45) is 1.00. The van der Waals surface area contributed by atoms with Gasteiger partial charge in [0.25, 0.3) is 5.91 Å². The van der Waals surface area contributed by atoms with Crippen LogP contribution in [0.4, 0.5) is 0 Å². The summed E-state index contributed by atoms with van der Waals surface area (Å²) in [5.74, 6) is -0.619. The molecule has 1 heterocycles. The van der Waals surface area contributed by atoms with Crippen molar-refractivity contribution in [2.75, 3.05) is 6.26 Å². The van der Waals surface area contributed by atoms with Gasteiger partial charge < -0.3 is 0 Å².